The van der Waals surface area contributed by atoms with Crippen LogP contribution in [0.25, 0.3) is 10.8 Å². The molecular weight excluding hydrogens is 446 g/mol. The van der Waals surface area contributed by atoms with Gasteiger partial charge in [0.05, 0.1) is 21.2 Å². The van der Waals surface area contributed by atoms with E-state index in [1.807, 2.05) is 0 Å². The van der Waals surface area contributed by atoms with Crippen LogP contribution in [-0.2, 0) is 20.2 Å². The van der Waals surface area contributed by atoms with Crippen LogP contribution in [0.4, 0.5) is 17.1 Å². The van der Waals surface area contributed by atoms with E-state index in [9.17, 15) is 25.9 Å². The zero-order valence-electron chi connectivity index (χ0n) is 15.1. The monoisotopic (exact) mass is 459 g/mol. The first kappa shape index (κ1) is 23.7. The number of nitrogens with zero attached hydrogens (tertiary/aromatic N) is 2. The Labute approximate surface area is 197 Å². The van der Waals surface area contributed by atoms with E-state index < -0.39 is 30.0 Å². The molecule has 0 aliphatic heterocycles. The van der Waals surface area contributed by atoms with Crippen LogP contribution >= 0.6 is 0 Å². The van der Waals surface area contributed by atoms with Crippen LogP contribution in [0.2, 0.25) is 0 Å². The minimum atomic E-state index is -4.89. The molecule has 0 bridgehead atoms. The fourth-order valence-corrected chi connectivity index (χ4v) is 3.99. The maximum atomic E-state index is 11.5. The van der Waals surface area contributed by atoms with Gasteiger partial charge in [-0.1, -0.05) is 30.3 Å². The molecule has 29 heavy (non-hydrogen) atoms. The van der Waals surface area contributed by atoms with Crippen molar-refractivity contribution < 1.29 is 25.9 Å². The van der Waals surface area contributed by atoms with Gasteiger partial charge in [0.15, 0.2) is 0 Å². The second-order valence-electron chi connectivity index (χ2n) is 5.93. The Kier molecular flexibility index (Phi) is 7.05. The van der Waals surface area contributed by atoms with Gasteiger partial charge < -0.3 is 14.8 Å². The molecule has 0 radical (unpaired) electrons. The third kappa shape index (κ3) is 5.12. The molecule has 3 aromatic carbocycles. The number of hydrogen-bond acceptors (Lipinski definition) is 9. The number of azo groups is 1. The SMILES string of the molecule is Cc1ccc(N=Nc2cc(S(=O)(=O)[O-])c(N)c3ccccc23)c(S(=O)(=O)[O-])c1.[Ca+2]. The van der Waals surface area contributed by atoms with Gasteiger partial charge in [-0.05, 0) is 30.7 Å². The third-order valence-electron chi connectivity index (χ3n) is 3.95. The molecule has 0 aliphatic carbocycles. The van der Waals surface area contributed by atoms with Crippen molar-refractivity contribution in [2.24, 2.45) is 10.2 Å². The predicted octanol–water partition coefficient (Wildman–Crippen LogP) is 2.57. The third-order valence-corrected chi connectivity index (χ3v) is 5.69. The predicted molar refractivity (Wildman–Crippen MR) is 105 cm³/mol. The van der Waals surface area contributed by atoms with E-state index in [-0.39, 0.29) is 60.2 Å². The molecule has 0 atom stereocenters. The van der Waals surface area contributed by atoms with Crippen molar-refractivity contribution in [2.75, 3.05) is 5.73 Å². The van der Waals surface area contributed by atoms with Gasteiger partial charge in [0.25, 0.3) is 0 Å². The quantitative estimate of drug-likeness (QED) is 0.271. The number of aryl methyl sites for hydroxylation is 1. The Morgan fingerprint density at radius 2 is 1.34 bits per heavy atom. The van der Waals surface area contributed by atoms with E-state index in [2.05, 4.69) is 10.2 Å². The molecule has 3 rings (SSSR count). The average Bonchev–Trinajstić information content (AvgIpc) is 2.60. The number of nitrogen functional groups attached to an aromatic ring is 1. The van der Waals surface area contributed by atoms with E-state index in [1.54, 1.807) is 25.1 Å². The first-order valence-corrected chi connectivity index (χ1v) is 10.6. The standard InChI is InChI=1S/C17H15N3O6S2.Ca/c1-10-6-7-13(15(8-10)27(21,22)23)19-20-14-9-16(28(24,25)26)17(18)12-5-3-2-4-11(12)14;/h2-9H,18H2,1H3,(H,21,22,23)(H,24,25,26);/q;+2/p-2. The van der Waals surface area contributed by atoms with E-state index in [4.69, 9.17) is 5.73 Å². The molecule has 3 aromatic rings. The molecule has 0 fully saturated rings. The Morgan fingerprint density at radius 3 is 1.93 bits per heavy atom. The molecule has 0 amide bonds. The molecule has 0 heterocycles. The van der Waals surface area contributed by atoms with Gasteiger partial charge in [-0.25, -0.2) is 16.8 Å². The Hall–Kier alpha value is -1.60. The summed E-state index contributed by atoms with van der Waals surface area (Å²) in [7, 11) is -9.70. The maximum absolute atomic E-state index is 11.5. The van der Waals surface area contributed by atoms with Crippen molar-refractivity contribution in [2.45, 2.75) is 16.7 Å². The Balaban J connectivity index is 0.00000300. The number of rotatable bonds is 4. The summed E-state index contributed by atoms with van der Waals surface area (Å²) in [6.07, 6.45) is 0. The van der Waals surface area contributed by atoms with Gasteiger partial charge in [0.1, 0.15) is 25.9 Å². The molecule has 0 spiro atoms. The molecule has 146 valence electrons. The smallest absolute Gasteiger partial charge is 0.744 e. The van der Waals surface area contributed by atoms with Crippen LogP contribution in [0.15, 0.2) is 68.6 Å². The van der Waals surface area contributed by atoms with E-state index in [0.29, 0.717) is 10.9 Å². The van der Waals surface area contributed by atoms with Crippen molar-refractivity contribution in [1.82, 2.24) is 0 Å². The van der Waals surface area contributed by atoms with Crippen LogP contribution in [0.1, 0.15) is 5.56 Å². The van der Waals surface area contributed by atoms with Gasteiger partial charge in [-0.2, -0.15) is 0 Å². The van der Waals surface area contributed by atoms with Gasteiger partial charge in [-0.3, -0.25) is 0 Å². The first-order valence-electron chi connectivity index (χ1n) is 7.74. The maximum Gasteiger partial charge on any atom is 2.00 e. The minimum Gasteiger partial charge on any atom is -0.744 e. The summed E-state index contributed by atoms with van der Waals surface area (Å²) in [4.78, 5) is -1.23. The molecule has 0 aromatic heterocycles. The molecule has 0 aliphatic rings. The van der Waals surface area contributed by atoms with Crippen LogP contribution < -0.4 is 5.73 Å². The number of benzene rings is 3. The van der Waals surface area contributed by atoms with Gasteiger partial charge >= 0.3 is 37.7 Å². The average molecular weight is 460 g/mol. The van der Waals surface area contributed by atoms with Gasteiger partial charge in [-0.15, -0.1) is 10.2 Å². The van der Waals surface area contributed by atoms with Gasteiger partial charge in [0, 0.05) is 10.8 Å². The zero-order chi connectivity index (χ0) is 20.7. The van der Waals surface area contributed by atoms with Crippen LogP contribution in [0.3, 0.4) is 0 Å². The summed E-state index contributed by atoms with van der Waals surface area (Å²) < 4.78 is 69.0. The molecule has 0 unspecified atom stereocenters. The number of nitrogens with two attached hydrogens (primary N) is 1. The second kappa shape index (κ2) is 8.64. The van der Waals surface area contributed by atoms with Crippen molar-refractivity contribution in [1.29, 1.82) is 0 Å². The molecule has 12 heteroatoms. The summed E-state index contributed by atoms with van der Waals surface area (Å²) in [5.74, 6) is 0. The zero-order valence-corrected chi connectivity index (χ0v) is 18.9. The molecular formula is C17H13CaN3O6S2. The summed E-state index contributed by atoms with van der Waals surface area (Å²) >= 11 is 0. The van der Waals surface area contributed by atoms with Crippen LogP contribution in [0, 0.1) is 6.92 Å². The number of hydrogen-bond donors (Lipinski definition) is 1. The largest absolute Gasteiger partial charge is 2.00 e. The van der Waals surface area contributed by atoms with E-state index >= 15 is 0 Å². The minimum absolute atomic E-state index is 0. The van der Waals surface area contributed by atoms with Crippen molar-refractivity contribution in [3.05, 3.63) is 54.1 Å². The fraction of sp³-hybridized carbons (Fsp3) is 0.0588. The molecule has 2 N–H and O–H groups in total. The molecule has 0 saturated carbocycles. The number of anilines is 1. The van der Waals surface area contributed by atoms with E-state index in [0.717, 1.165) is 12.1 Å². The summed E-state index contributed by atoms with van der Waals surface area (Å²) in [6.45, 7) is 1.61. The molecule has 9 nitrogen and oxygen atoms in total. The van der Waals surface area contributed by atoms with Crippen molar-refractivity contribution >= 4 is 85.8 Å². The van der Waals surface area contributed by atoms with Crippen LogP contribution in [-0.4, -0.2) is 63.7 Å². The number of fused-ring (bicyclic) bond motifs is 1. The van der Waals surface area contributed by atoms with Crippen LogP contribution in [0.5, 0.6) is 0 Å². The fourth-order valence-electron chi connectivity index (χ4n) is 2.66. The van der Waals surface area contributed by atoms with Crippen molar-refractivity contribution in [3.8, 4) is 0 Å². The van der Waals surface area contributed by atoms with Gasteiger partial charge in [0.2, 0.25) is 0 Å². The summed E-state index contributed by atoms with van der Waals surface area (Å²) in [6, 6.07) is 11.3. The topological polar surface area (TPSA) is 165 Å². The summed E-state index contributed by atoms with van der Waals surface area (Å²) in [5, 5.41) is 8.35. The normalized spacial score (nSPS) is 12.2. The summed E-state index contributed by atoms with van der Waals surface area (Å²) in [5.41, 5.74) is 5.89. The van der Waals surface area contributed by atoms with Crippen molar-refractivity contribution in [3.63, 3.8) is 0 Å². The molecule has 0 saturated heterocycles. The van der Waals surface area contributed by atoms with E-state index in [1.165, 1.54) is 18.2 Å². The second-order valence-corrected chi connectivity index (χ2v) is 8.63. The Bertz CT molecular complexity index is 1340. The first-order chi connectivity index (χ1) is 13.0. The Morgan fingerprint density at radius 1 is 0.793 bits per heavy atom.